The van der Waals surface area contributed by atoms with Crippen LogP contribution in [0.1, 0.15) is 25.8 Å². The third-order valence-electron chi connectivity index (χ3n) is 3.87. The van der Waals surface area contributed by atoms with Gasteiger partial charge in [-0.3, -0.25) is 5.43 Å². The molecule has 2 aromatic rings. The van der Waals surface area contributed by atoms with Gasteiger partial charge in [0.05, 0.1) is 12.8 Å². The van der Waals surface area contributed by atoms with Crippen molar-refractivity contribution in [2.24, 2.45) is 5.10 Å². The molecule has 0 unspecified atom stereocenters. The van der Waals surface area contributed by atoms with Crippen LogP contribution < -0.4 is 20.2 Å². The van der Waals surface area contributed by atoms with Crippen molar-refractivity contribution < 1.29 is 14.6 Å². The van der Waals surface area contributed by atoms with E-state index in [0.717, 1.165) is 22.7 Å². The van der Waals surface area contributed by atoms with Gasteiger partial charge in [-0.15, -0.1) is 0 Å². The minimum atomic E-state index is -0.396. The van der Waals surface area contributed by atoms with Gasteiger partial charge in [-0.2, -0.15) is 5.10 Å². The van der Waals surface area contributed by atoms with E-state index >= 15 is 0 Å². The minimum Gasteiger partial charge on any atom is -0.508 e. The molecule has 1 aliphatic rings. The number of anilines is 1. The fraction of sp³-hybridized carbons (Fsp3) is 0.263. The fourth-order valence-electron chi connectivity index (χ4n) is 2.74. The Morgan fingerprint density at radius 1 is 1.27 bits per heavy atom. The first-order chi connectivity index (χ1) is 12.4. The van der Waals surface area contributed by atoms with Crippen LogP contribution in [0.2, 0.25) is 0 Å². The summed E-state index contributed by atoms with van der Waals surface area (Å²) in [5, 5.41) is 17.6. The van der Waals surface area contributed by atoms with Crippen LogP contribution in [0.15, 0.2) is 47.6 Å². The van der Waals surface area contributed by atoms with Gasteiger partial charge in [0.2, 0.25) is 0 Å². The number of aromatic hydroxyl groups is 1. The average Bonchev–Trinajstić information content (AvgIpc) is 2.59. The Labute approximate surface area is 157 Å². The SMILES string of the molecule is COc1cccc(NC(=S)NN=C2CC(C)(C)Oc3ccc(O)cc32)c1. The van der Waals surface area contributed by atoms with Crippen LogP contribution in [0.3, 0.4) is 0 Å². The van der Waals surface area contributed by atoms with Gasteiger partial charge in [-0.05, 0) is 56.4 Å². The van der Waals surface area contributed by atoms with Gasteiger partial charge in [-0.25, -0.2) is 0 Å². The number of hydrogen-bond acceptors (Lipinski definition) is 5. The Kier molecular flexibility index (Phi) is 4.99. The Hall–Kier alpha value is -2.80. The maximum atomic E-state index is 9.78. The lowest BCUT2D eigenvalue weighted by molar-refractivity contribution is 0.111. The second-order valence-electron chi connectivity index (χ2n) is 6.58. The summed E-state index contributed by atoms with van der Waals surface area (Å²) in [6.07, 6.45) is 0.582. The maximum Gasteiger partial charge on any atom is 0.191 e. The quantitative estimate of drug-likeness (QED) is 0.565. The Balaban J connectivity index is 1.77. The highest BCUT2D eigenvalue weighted by atomic mass is 32.1. The first-order valence-electron chi connectivity index (χ1n) is 8.16. The van der Waals surface area contributed by atoms with Gasteiger partial charge in [0, 0.05) is 23.7 Å². The summed E-state index contributed by atoms with van der Waals surface area (Å²) < 4.78 is 11.1. The van der Waals surface area contributed by atoms with Crippen molar-refractivity contribution in [3.05, 3.63) is 48.0 Å². The van der Waals surface area contributed by atoms with Gasteiger partial charge in [-0.1, -0.05) is 6.07 Å². The van der Waals surface area contributed by atoms with Crippen LogP contribution in [0, 0.1) is 0 Å². The molecular weight excluding hydrogens is 350 g/mol. The number of rotatable bonds is 3. The predicted molar refractivity (Wildman–Crippen MR) is 106 cm³/mol. The fourth-order valence-corrected chi connectivity index (χ4v) is 2.91. The number of ether oxygens (including phenoxy) is 2. The lowest BCUT2D eigenvalue weighted by atomic mass is 9.92. The van der Waals surface area contributed by atoms with Gasteiger partial charge in [0.1, 0.15) is 22.8 Å². The number of benzene rings is 2. The Morgan fingerprint density at radius 3 is 2.85 bits per heavy atom. The predicted octanol–water partition coefficient (Wildman–Crippen LogP) is 3.65. The van der Waals surface area contributed by atoms with Crippen molar-refractivity contribution in [2.75, 3.05) is 12.4 Å². The zero-order valence-electron chi connectivity index (χ0n) is 14.9. The van der Waals surface area contributed by atoms with Gasteiger partial charge >= 0.3 is 0 Å². The van der Waals surface area contributed by atoms with Crippen molar-refractivity contribution in [2.45, 2.75) is 25.9 Å². The summed E-state index contributed by atoms with van der Waals surface area (Å²) in [5.74, 6) is 1.59. The lowest BCUT2D eigenvalue weighted by Crippen LogP contribution is -2.37. The maximum absolute atomic E-state index is 9.78. The number of phenols is 1. The van der Waals surface area contributed by atoms with Gasteiger partial charge < -0.3 is 19.9 Å². The van der Waals surface area contributed by atoms with Crippen LogP contribution in [0.4, 0.5) is 5.69 Å². The summed E-state index contributed by atoms with van der Waals surface area (Å²) in [4.78, 5) is 0. The molecular formula is C19H21N3O3S. The summed E-state index contributed by atoms with van der Waals surface area (Å²) in [6.45, 7) is 3.98. The van der Waals surface area contributed by atoms with Crippen LogP contribution >= 0.6 is 12.2 Å². The van der Waals surface area contributed by atoms with E-state index < -0.39 is 5.60 Å². The molecule has 136 valence electrons. The molecule has 0 saturated heterocycles. The topological polar surface area (TPSA) is 75.1 Å². The van der Waals surface area contributed by atoms with Gasteiger partial charge in [0.25, 0.3) is 0 Å². The van der Waals surface area contributed by atoms with E-state index in [9.17, 15) is 5.11 Å². The minimum absolute atomic E-state index is 0.164. The molecule has 26 heavy (non-hydrogen) atoms. The zero-order chi connectivity index (χ0) is 18.7. The largest absolute Gasteiger partial charge is 0.508 e. The van der Waals surface area contributed by atoms with E-state index in [2.05, 4.69) is 15.8 Å². The van der Waals surface area contributed by atoms with Gasteiger partial charge in [0.15, 0.2) is 5.11 Å². The van der Waals surface area contributed by atoms with E-state index in [4.69, 9.17) is 21.7 Å². The smallest absolute Gasteiger partial charge is 0.191 e. The Bertz CT molecular complexity index is 865. The molecule has 0 aliphatic carbocycles. The number of hydrogen-bond donors (Lipinski definition) is 3. The summed E-state index contributed by atoms with van der Waals surface area (Å²) >= 11 is 5.31. The highest BCUT2D eigenvalue weighted by Gasteiger charge is 2.31. The van der Waals surface area contributed by atoms with E-state index in [1.54, 1.807) is 25.3 Å². The molecule has 1 heterocycles. The number of phenolic OH excluding ortho intramolecular Hbond substituents is 1. The highest BCUT2D eigenvalue weighted by molar-refractivity contribution is 7.80. The monoisotopic (exact) mass is 371 g/mol. The molecule has 2 aromatic carbocycles. The molecule has 0 saturated carbocycles. The van der Waals surface area contributed by atoms with Crippen molar-refractivity contribution in [3.8, 4) is 17.2 Å². The molecule has 0 spiro atoms. The van der Waals surface area contributed by atoms with E-state index in [1.165, 1.54) is 0 Å². The normalized spacial score (nSPS) is 16.3. The number of nitrogens with one attached hydrogen (secondary N) is 2. The summed E-state index contributed by atoms with van der Waals surface area (Å²) in [6, 6.07) is 12.4. The number of hydrazone groups is 1. The first kappa shape index (κ1) is 18.0. The molecule has 0 aromatic heterocycles. The number of methoxy groups -OCH3 is 1. The van der Waals surface area contributed by atoms with E-state index in [-0.39, 0.29) is 5.75 Å². The first-order valence-corrected chi connectivity index (χ1v) is 8.57. The van der Waals surface area contributed by atoms with Crippen LogP contribution in [0.25, 0.3) is 0 Å². The van der Waals surface area contributed by atoms with Crippen molar-refractivity contribution in [1.29, 1.82) is 0 Å². The zero-order valence-corrected chi connectivity index (χ0v) is 15.7. The van der Waals surface area contributed by atoms with Crippen molar-refractivity contribution >= 4 is 28.7 Å². The standard InChI is InChI=1S/C19H21N3O3S/c1-19(2)11-16(15-10-13(23)7-8-17(15)25-19)21-22-18(26)20-12-5-4-6-14(9-12)24-3/h4-10,23H,11H2,1-3H3,(H2,20,22,26). The third-order valence-corrected chi connectivity index (χ3v) is 4.07. The molecule has 0 radical (unpaired) electrons. The van der Waals surface area contributed by atoms with Crippen molar-refractivity contribution in [1.82, 2.24) is 5.43 Å². The second kappa shape index (κ2) is 7.21. The van der Waals surface area contributed by atoms with Crippen molar-refractivity contribution in [3.63, 3.8) is 0 Å². The second-order valence-corrected chi connectivity index (χ2v) is 6.98. The highest BCUT2D eigenvalue weighted by Crippen LogP contribution is 2.35. The molecule has 1 aliphatic heterocycles. The third kappa shape index (κ3) is 4.23. The number of nitrogens with zero attached hydrogens (tertiary/aromatic N) is 1. The molecule has 0 bridgehead atoms. The Morgan fingerprint density at radius 2 is 2.08 bits per heavy atom. The average molecular weight is 371 g/mol. The summed E-state index contributed by atoms with van der Waals surface area (Å²) in [5.41, 5.74) is 4.79. The van der Waals surface area contributed by atoms with E-state index in [1.807, 2.05) is 38.1 Å². The van der Waals surface area contributed by atoms with E-state index in [0.29, 0.717) is 17.3 Å². The lowest BCUT2D eigenvalue weighted by Gasteiger charge is -2.33. The molecule has 6 nitrogen and oxygen atoms in total. The molecule has 0 amide bonds. The number of thiocarbonyl (C=S) groups is 1. The van der Waals surface area contributed by atoms with Crippen LogP contribution in [0.5, 0.6) is 17.2 Å². The molecule has 3 N–H and O–H groups in total. The molecule has 0 atom stereocenters. The van der Waals surface area contributed by atoms with Crippen LogP contribution in [-0.2, 0) is 0 Å². The number of fused-ring (bicyclic) bond motifs is 1. The molecule has 0 fully saturated rings. The molecule has 3 rings (SSSR count). The molecule has 7 heteroatoms. The summed E-state index contributed by atoms with van der Waals surface area (Å²) in [7, 11) is 1.61. The van der Waals surface area contributed by atoms with Crippen LogP contribution in [-0.4, -0.2) is 28.6 Å².